The molecule has 0 fully saturated rings. The first kappa shape index (κ1) is 14.1. The number of carbonyl (C=O) groups is 1. The van der Waals surface area contributed by atoms with Crippen molar-refractivity contribution in [1.29, 1.82) is 0 Å². The zero-order valence-electron chi connectivity index (χ0n) is 10.1. The van der Waals surface area contributed by atoms with Gasteiger partial charge in [0.2, 0.25) is 0 Å². The predicted octanol–water partition coefficient (Wildman–Crippen LogP) is 3.70. The van der Waals surface area contributed by atoms with Crippen molar-refractivity contribution >= 4 is 11.5 Å². The summed E-state index contributed by atoms with van der Waals surface area (Å²) in [7, 11) is 1.26. The van der Waals surface area contributed by atoms with Crippen LogP contribution >= 0.6 is 0 Å². The highest BCUT2D eigenvalue weighted by Gasteiger charge is 2.31. The molecule has 2 nitrogen and oxygen atoms in total. The Kier molecular flexibility index (Phi) is 4.37. The van der Waals surface area contributed by atoms with Crippen LogP contribution in [0.1, 0.15) is 22.3 Å². The monoisotopic (exact) mass is 252 g/mol. The van der Waals surface area contributed by atoms with Crippen molar-refractivity contribution < 1.29 is 18.3 Å². The highest BCUT2D eigenvalue weighted by atomic mass is 19.3. The first-order chi connectivity index (χ1) is 8.42. The maximum Gasteiger partial charge on any atom is 0.337 e. The minimum absolute atomic E-state index is 0.287. The van der Waals surface area contributed by atoms with Gasteiger partial charge in [-0.3, -0.25) is 0 Å². The van der Waals surface area contributed by atoms with Crippen molar-refractivity contribution in [1.82, 2.24) is 0 Å². The molecule has 1 rings (SSSR count). The van der Waals surface area contributed by atoms with E-state index in [1.165, 1.54) is 31.4 Å². The molecule has 0 saturated heterocycles. The van der Waals surface area contributed by atoms with Gasteiger partial charge in [-0.25, -0.2) is 13.6 Å². The average Bonchev–Trinajstić information content (AvgIpc) is 2.37. The third-order valence-electron chi connectivity index (χ3n) is 2.50. The topological polar surface area (TPSA) is 26.3 Å². The molecule has 0 atom stereocenters. The van der Waals surface area contributed by atoms with Crippen molar-refractivity contribution in [3.63, 3.8) is 0 Å². The van der Waals surface area contributed by atoms with Gasteiger partial charge in [0.25, 0.3) is 5.92 Å². The van der Waals surface area contributed by atoms with Gasteiger partial charge in [0, 0.05) is 12.0 Å². The summed E-state index contributed by atoms with van der Waals surface area (Å²) in [5.74, 6) is -3.54. The van der Waals surface area contributed by atoms with Crippen LogP contribution in [0.3, 0.4) is 0 Å². The van der Waals surface area contributed by atoms with Gasteiger partial charge >= 0.3 is 5.97 Å². The number of benzene rings is 1. The summed E-state index contributed by atoms with van der Waals surface area (Å²) in [6.07, 6.45) is 0.679. The second-order valence-electron chi connectivity index (χ2n) is 3.74. The van der Waals surface area contributed by atoms with Crippen LogP contribution in [-0.2, 0) is 4.74 Å². The number of ether oxygens (including phenoxy) is 1. The number of esters is 1. The van der Waals surface area contributed by atoms with E-state index in [0.717, 1.165) is 6.08 Å². The van der Waals surface area contributed by atoms with E-state index >= 15 is 0 Å². The van der Waals surface area contributed by atoms with Gasteiger partial charge in [0.05, 0.1) is 12.7 Å². The molecule has 0 N–H and O–H groups in total. The summed E-state index contributed by atoms with van der Waals surface area (Å²) in [4.78, 5) is 11.2. The second kappa shape index (κ2) is 5.58. The Bertz CT molecular complexity index is 461. The zero-order chi connectivity index (χ0) is 13.8. The lowest BCUT2D eigenvalue weighted by Gasteiger charge is -2.17. The van der Waals surface area contributed by atoms with Crippen LogP contribution in [0.2, 0.25) is 0 Å². The summed E-state index contributed by atoms with van der Waals surface area (Å²) in [5, 5.41) is 0. The molecule has 0 aliphatic rings. The van der Waals surface area contributed by atoms with E-state index in [1.54, 1.807) is 0 Å². The summed E-state index contributed by atoms with van der Waals surface area (Å²) >= 11 is 0. The molecule has 1 aromatic rings. The number of halogens is 2. The molecule has 0 spiro atoms. The summed E-state index contributed by atoms with van der Waals surface area (Å²) in [5.41, 5.74) is 0.300. The molecule has 18 heavy (non-hydrogen) atoms. The number of methoxy groups -OCH3 is 1. The Hall–Kier alpha value is -1.97. The number of alkyl halides is 2. The van der Waals surface area contributed by atoms with Gasteiger partial charge in [-0.05, 0) is 17.7 Å². The highest BCUT2D eigenvalue weighted by molar-refractivity contribution is 5.89. The zero-order valence-corrected chi connectivity index (χ0v) is 10.1. The lowest BCUT2D eigenvalue weighted by molar-refractivity contribution is 0.0600. The molecule has 0 aliphatic carbocycles. The fraction of sp³-hybridized carbons (Fsp3) is 0.214. The normalized spacial score (nSPS) is 10.8. The molecular formula is C14H14F2O2. The summed E-state index contributed by atoms with van der Waals surface area (Å²) < 4.78 is 31.7. The van der Waals surface area contributed by atoms with Gasteiger partial charge < -0.3 is 4.74 Å². The predicted molar refractivity (Wildman–Crippen MR) is 66.6 cm³/mol. The van der Waals surface area contributed by atoms with Crippen LogP contribution in [0.4, 0.5) is 8.78 Å². The van der Waals surface area contributed by atoms with E-state index < -0.39 is 18.3 Å². The molecule has 0 saturated carbocycles. The quantitative estimate of drug-likeness (QED) is 0.590. The number of hydrogen-bond donors (Lipinski definition) is 0. The molecule has 96 valence electrons. The van der Waals surface area contributed by atoms with Gasteiger partial charge in [0.1, 0.15) is 0 Å². The number of allylic oxidation sites excluding steroid dienone is 2. The number of rotatable bonds is 5. The lowest BCUT2D eigenvalue weighted by Crippen LogP contribution is -2.16. The molecule has 0 bridgehead atoms. The highest BCUT2D eigenvalue weighted by Crippen LogP contribution is 2.34. The summed E-state index contributed by atoms with van der Waals surface area (Å²) in [6, 6.07) is 5.70. The molecule has 0 aromatic heterocycles. The second-order valence-corrected chi connectivity index (χ2v) is 3.74. The first-order valence-corrected chi connectivity index (χ1v) is 5.29. The van der Waals surface area contributed by atoms with Crippen LogP contribution in [-0.4, -0.2) is 19.0 Å². The average molecular weight is 252 g/mol. The Morgan fingerprint density at radius 2 is 1.83 bits per heavy atom. The minimum Gasteiger partial charge on any atom is -0.465 e. The van der Waals surface area contributed by atoms with Crippen molar-refractivity contribution in [3.05, 3.63) is 54.6 Å². The first-order valence-electron chi connectivity index (χ1n) is 5.29. The van der Waals surface area contributed by atoms with Gasteiger partial charge in [0.15, 0.2) is 0 Å². The fourth-order valence-corrected chi connectivity index (χ4v) is 1.44. The van der Waals surface area contributed by atoms with E-state index in [1.807, 2.05) is 0 Å². The lowest BCUT2D eigenvalue weighted by atomic mass is 9.98. The largest absolute Gasteiger partial charge is 0.465 e. The third-order valence-corrected chi connectivity index (χ3v) is 2.50. The van der Waals surface area contributed by atoms with E-state index in [4.69, 9.17) is 0 Å². The van der Waals surface area contributed by atoms with E-state index in [0.29, 0.717) is 5.56 Å². The molecule has 0 unspecified atom stereocenters. The SMILES string of the molecule is C=CCC(F)(F)C(=C)c1ccc(C(=O)OC)cc1. The van der Waals surface area contributed by atoms with Crippen molar-refractivity contribution in [2.24, 2.45) is 0 Å². The Morgan fingerprint density at radius 1 is 1.33 bits per heavy atom. The van der Waals surface area contributed by atoms with Crippen LogP contribution in [0.25, 0.3) is 5.57 Å². The molecular weight excluding hydrogens is 238 g/mol. The standard InChI is InChI=1S/C14H14F2O2/c1-4-9-14(15,16)10(2)11-5-7-12(8-6-11)13(17)18-3/h4-8H,1-2,9H2,3H3. The Labute approximate surface area is 105 Å². The molecule has 0 amide bonds. The Morgan fingerprint density at radius 3 is 2.28 bits per heavy atom. The minimum atomic E-state index is -3.03. The number of hydrogen-bond acceptors (Lipinski definition) is 2. The van der Waals surface area contributed by atoms with Crippen LogP contribution in [0.15, 0.2) is 43.5 Å². The molecule has 0 radical (unpaired) electrons. The number of carbonyl (C=O) groups excluding carboxylic acids is 1. The van der Waals surface area contributed by atoms with Crippen molar-refractivity contribution in [3.8, 4) is 0 Å². The van der Waals surface area contributed by atoms with E-state index in [9.17, 15) is 13.6 Å². The van der Waals surface area contributed by atoms with E-state index in [-0.39, 0.29) is 11.1 Å². The van der Waals surface area contributed by atoms with E-state index in [2.05, 4.69) is 17.9 Å². The third kappa shape index (κ3) is 3.03. The van der Waals surface area contributed by atoms with Crippen LogP contribution < -0.4 is 0 Å². The van der Waals surface area contributed by atoms with Crippen molar-refractivity contribution in [2.45, 2.75) is 12.3 Å². The summed E-state index contributed by atoms with van der Waals surface area (Å²) in [6.45, 7) is 6.68. The maximum absolute atomic E-state index is 13.6. The van der Waals surface area contributed by atoms with Crippen LogP contribution in [0.5, 0.6) is 0 Å². The van der Waals surface area contributed by atoms with Gasteiger partial charge in [-0.2, -0.15) is 0 Å². The van der Waals surface area contributed by atoms with Crippen molar-refractivity contribution in [2.75, 3.05) is 7.11 Å². The Balaban J connectivity index is 2.95. The molecule has 0 heterocycles. The van der Waals surface area contributed by atoms with Crippen LogP contribution in [0, 0.1) is 0 Å². The molecule has 1 aromatic carbocycles. The molecule has 0 aliphatic heterocycles. The smallest absolute Gasteiger partial charge is 0.337 e. The maximum atomic E-state index is 13.6. The fourth-order valence-electron chi connectivity index (χ4n) is 1.44. The van der Waals surface area contributed by atoms with Gasteiger partial charge in [-0.1, -0.05) is 24.8 Å². The van der Waals surface area contributed by atoms with Gasteiger partial charge in [-0.15, -0.1) is 6.58 Å². The molecule has 4 heteroatoms.